The van der Waals surface area contributed by atoms with E-state index in [1.54, 1.807) is 6.07 Å². The maximum absolute atomic E-state index is 13.3. The van der Waals surface area contributed by atoms with Crippen molar-refractivity contribution >= 4 is 11.6 Å². The van der Waals surface area contributed by atoms with E-state index in [2.05, 4.69) is 10.2 Å². The number of nitrogens with zero attached hydrogens (tertiary/aromatic N) is 1. The molecule has 4 nitrogen and oxygen atoms in total. The molecule has 1 amide bonds. The summed E-state index contributed by atoms with van der Waals surface area (Å²) in [5, 5.41) is 3.05. The van der Waals surface area contributed by atoms with Gasteiger partial charge in [0.05, 0.1) is 0 Å². The normalized spacial score (nSPS) is 16.6. The third-order valence-corrected chi connectivity index (χ3v) is 3.65. The molecule has 3 N–H and O–H groups in total. The second kappa shape index (κ2) is 6.02. The van der Waals surface area contributed by atoms with Crippen LogP contribution in [0.4, 0.5) is 10.1 Å². The second-order valence-corrected chi connectivity index (χ2v) is 4.97. The first-order valence-corrected chi connectivity index (χ1v) is 6.59. The zero-order valence-corrected chi connectivity index (χ0v) is 11.2. The molecule has 0 spiro atoms. The first kappa shape index (κ1) is 13.8. The molecule has 1 aliphatic heterocycles. The minimum Gasteiger partial charge on any atom is -0.371 e. The second-order valence-electron chi connectivity index (χ2n) is 4.97. The van der Waals surface area contributed by atoms with Gasteiger partial charge < -0.3 is 16.0 Å². The smallest absolute Gasteiger partial charge is 0.220 e. The third-order valence-electron chi connectivity index (χ3n) is 3.65. The molecular weight excluding hydrogens is 245 g/mol. The lowest BCUT2D eigenvalue weighted by Crippen LogP contribution is -2.39. The minimum absolute atomic E-state index is 0.0237. The molecule has 0 aliphatic carbocycles. The zero-order chi connectivity index (χ0) is 13.8. The van der Waals surface area contributed by atoms with Crippen molar-refractivity contribution in [3.05, 3.63) is 29.6 Å². The lowest BCUT2D eigenvalue weighted by molar-refractivity contribution is -0.122. The molecule has 0 aromatic heterocycles. The summed E-state index contributed by atoms with van der Waals surface area (Å²) in [6, 6.07) is 4.85. The van der Waals surface area contributed by atoms with E-state index < -0.39 is 0 Å². The van der Waals surface area contributed by atoms with E-state index in [1.165, 1.54) is 6.07 Å². The molecule has 0 saturated carbocycles. The lowest BCUT2D eigenvalue weighted by Gasteiger charge is -2.33. The predicted octanol–water partition coefficient (Wildman–Crippen LogP) is 1.25. The summed E-state index contributed by atoms with van der Waals surface area (Å²) in [5.74, 6) is -0.459. The van der Waals surface area contributed by atoms with Gasteiger partial charge in [0.15, 0.2) is 0 Å². The van der Waals surface area contributed by atoms with Gasteiger partial charge in [0.2, 0.25) is 5.91 Å². The van der Waals surface area contributed by atoms with Crippen LogP contribution in [0.25, 0.3) is 0 Å². The van der Waals surface area contributed by atoms with Gasteiger partial charge in [-0.1, -0.05) is 0 Å². The Hall–Kier alpha value is -1.62. The highest BCUT2D eigenvalue weighted by Gasteiger charge is 2.24. The Labute approximate surface area is 112 Å². The van der Waals surface area contributed by atoms with Gasteiger partial charge in [0.1, 0.15) is 5.82 Å². The van der Waals surface area contributed by atoms with E-state index in [-0.39, 0.29) is 17.6 Å². The summed E-state index contributed by atoms with van der Waals surface area (Å²) in [4.78, 5) is 13.4. The van der Waals surface area contributed by atoms with Crippen molar-refractivity contribution in [2.45, 2.75) is 19.4 Å². The summed E-state index contributed by atoms with van der Waals surface area (Å²) < 4.78 is 13.3. The van der Waals surface area contributed by atoms with Gasteiger partial charge in [-0.15, -0.1) is 0 Å². The first-order chi connectivity index (χ1) is 9.11. The van der Waals surface area contributed by atoms with Crippen molar-refractivity contribution < 1.29 is 9.18 Å². The highest BCUT2D eigenvalue weighted by atomic mass is 19.1. The fourth-order valence-electron chi connectivity index (χ4n) is 2.60. The Morgan fingerprint density at radius 1 is 1.47 bits per heavy atom. The number of nitrogens with one attached hydrogen (secondary N) is 1. The fraction of sp³-hybridized carbons (Fsp3) is 0.500. The molecule has 1 aromatic rings. The summed E-state index contributed by atoms with van der Waals surface area (Å²) in [5.41, 5.74) is 7.32. The molecule has 0 bridgehead atoms. The SMILES string of the molecule is CNCc1cc(F)ccc1N1CCC(C(N)=O)CC1. The number of hydrogen-bond acceptors (Lipinski definition) is 3. The van der Waals surface area contributed by atoms with E-state index in [0.29, 0.717) is 6.54 Å². The van der Waals surface area contributed by atoms with Crippen LogP contribution in [0.3, 0.4) is 0 Å². The van der Waals surface area contributed by atoms with Crippen LogP contribution >= 0.6 is 0 Å². The average Bonchev–Trinajstić information content (AvgIpc) is 2.39. The van der Waals surface area contributed by atoms with Crippen molar-refractivity contribution in [3.8, 4) is 0 Å². The van der Waals surface area contributed by atoms with E-state index in [9.17, 15) is 9.18 Å². The topological polar surface area (TPSA) is 58.4 Å². The van der Waals surface area contributed by atoms with Crippen LogP contribution in [0.2, 0.25) is 0 Å². The Kier molecular flexibility index (Phi) is 4.37. The Bertz CT molecular complexity index is 456. The van der Waals surface area contributed by atoms with Gasteiger partial charge >= 0.3 is 0 Å². The standard InChI is InChI=1S/C14H20FN3O/c1-17-9-11-8-12(15)2-3-13(11)18-6-4-10(5-7-18)14(16)19/h2-3,8,10,17H,4-7,9H2,1H3,(H2,16,19). The van der Waals surface area contributed by atoms with Crippen LogP contribution in [0.15, 0.2) is 18.2 Å². The van der Waals surface area contributed by atoms with Gasteiger partial charge in [-0.05, 0) is 43.7 Å². The van der Waals surface area contributed by atoms with Gasteiger partial charge in [-0.3, -0.25) is 4.79 Å². The Balaban J connectivity index is 2.12. The lowest BCUT2D eigenvalue weighted by atomic mass is 9.95. The van der Waals surface area contributed by atoms with Gasteiger partial charge in [-0.25, -0.2) is 4.39 Å². The maximum atomic E-state index is 13.3. The van der Waals surface area contributed by atoms with E-state index in [0.717, 1.165) is 37.2 Å². The molecule has 104 valence electrons. The van der Waals surface area contributed by atoms with E-state index in [1.807, 2.05) is 13.1 Å². The van der Waals surface area contributed by atoms with Gasteiger partial charge in [0, 0.05) is 31.2 Å². The molecule has 1 saturated heterocycles. The van der Waals surface area contributed by atoms with Crippen LogP contribution in [-0.4, -0.2) is 26.0 Å². The number of halogens is 1. The molecule has 0 unspecified atom stereocenters. The number of carbonyl (C=O) groups is 1. The quantitative estimate of drug-likeness (QED) is 0.861. The van der Waals surface area contributed by atoms with Crippen LogP contribution in [-0.2, 0) is 11.3 Å². The van der Waals surface area contributed by atoms with Crippen molar-refractivity contribution in [2.75, 3.05) is 25.0 Å². The maximum Gasteiger partial charge on any atom is 0.220 e. The summed E-state index contributed by atoms with van der Waals surface area (Å²) in [6.07, 6.45) is 1.54. The minimum atomic E-state index is -0.221. The number of anilines is 1. The number of amides is 1. The number of nitrogens with two attached hydrogens (primary N) is 1. The molecule has 0 atom stereocenters. The van der Waals surface area contributed by atoms with E-state index in [4.69, 9.17) is 5.73 Å². The average molecular weight is 265 g/mol. The fourth-order valence-corrected chi connectivity index (χ4v) is 2.60. The van der Waals surface area contributed by atoms with Crippen LogP contribution < -0.4 is 16.0 Å². The molecule has 19 heavy (non-hydrogen) atoms. The van der Waals surface area contributed by atoms with Gasteiger partial charge in [-0.2, -0.15) is 0 Å². The number of carbonyl (C=O) groups excluding carboxylic acids is 1. The predicted molar refractivity (Wildman–Crippen MR) is 73.3 cm³/mol. The Morgan fingerprint density at radius 2 is 2.16 bits per heavy atom. The number of rotatable bonds is 4. The monoisotopic (exact) mass is 265 g/mol. The molecule has 0 radical (unpaired) electrons. The molecular formula is C14H20FN3O. The molecule has 1 heterocycles. The first-order valence-electron chi connectivity index (χ1n) is 6.59. The van der Waals surface area contributed by atoms with Crippen molar-refractivity contribution in [3.63, 3.8) is 0 Å². The van der Waals surface area contributed by atoms with Crippen LogP contribution in [0, 0.1) is 11.7 Å². The highest BCUT2D eigenvalue weighted by molar-refractivity contribution is 5.77. The highest BCUT2D eigenvalue weighted by Crippen LogP contribution is 2.27. The van der Waals surface area contributed by atoms with Crippen LogP contribution in [0.1, 0.15) is 18.4 Å². The molecule has 1 aliphatic rings. The van der Waals surface area contributed by atoms with Crippen LogP contribution in [0.5, 0.6) is 0 Å². The number of hydrogen-bond donors (Lipinski definition) is 2. The largest absolute Gasteiger partial charge is 0.371 e. The number of piperidine rings is 1. The summed E-state index contributed by atoms with van der Waals surface area (Å²) in [7, 11) is 1.84. The van der Waals surface area contributed by atoms with Crippen molar-refractivity contribution in [1.29, 1.82) is 0 Å². The van der Waals surface area contributed by atoms with Crippen molar-refractivity contribution in [2.24, 2.45) is 11.7 Å². The van der Waals surface area contributed by atoms with E-state index >= 15 is 0 Å². The number of benzene rings is 1. The third kappa shape index (κ3) is 3.23. The number of primary amides is 1. The summed E-state index contributed by atoms with van der Waals surface area (Å²) in [6.45, 7) is 2.20. The summed E-state index contributed by atoms with van der Waals surface area (Å²) >= 11 is 0. The molecule has 1 aromatic carbocycles. The zero-order valence-electron chi connectivity index (χ0n) is 11.2. The molecule has 1 fully saturated rings. The Morgan fingerprint density at radius 3 is 2.74 bits per heavy atom. The molecule has 2 rings (SSSR count). The van der Waals surface area contributed by atoms with Crippen molar-refractivity contribution in [1.82, 2.24) is 5.32 Å². The molecule has 5 heteroatoms. The van der Waals surface area contributed by atoms with Gasteiger partial charge in [0.25, 0.3) is 0 Å².